The second-order valence-corrected chi connectivity index (χ2v) is 17.2. The van der Waals surface area contributed by atoms with Crippen LogP contribution in [0.25, 0.3) is 11.1 Å². The SMILES string of the molecule is CC(Oc1cc(-c2cnn(C3CCN(CCCCCCCN4CC(Nc5cccc6c5C(=O)N(C5CCC(=O)NC5=O)C6=O)C4)CC3)c2)cnc1N)c1c(Cl)ccc(F)c1Cl. The number of halogens is 3. The van der Waals surface area contributed by atoms with Gasteiger partial charge in [-0.2, -0.15) is 5.10 Å². The molecule has 0 saturated carbocycles. The van der Waals surface area contributed by atoms with E-state index in [0.717, 1.165) is 74.6 Å². The zero-order valence-corrected chi connectivity index (χ0v) is 35.6. The molecule has 8 rings (SSSR count). The van der Waals surface area contributed by atoms with E-state index in [9.17, 15) is 23.6 Å². The van der Waals surface area contributed by atoms with Gasteiger partial charge in [-0.25, -0.2) is 9.37 Å². The highest BCUT2D eigenvalue weighted by Gasteiger charge is 2.46. The molecule has 4 aromatic rings. The molecule has 0 radical (unpaired) electrons. The monoisotopic (exact) mass is 873 g/mol. The van der Waals surface area contributed by atoms with Crippen molar-refractivity contribution in [3.63, 3.8) is 0 Å². The number of unbranched alkanes of at least 4 members (excludes halogenated alkanes) is 4. The zero-order valence-electron chi connectivity index (χ0n) is 34.0. The van der Waals surface area contributed by atoms with Crippen LogP contribution < -0.4 is 21.1 Å². The average Bonchev–Trinajstić information content (AvgIpc) is 3.82. The molecule has 0 spiro atoms. The van der Waals surface area contributed by atoms with Gasteiger partial charge in [-0.3, -0.25) is 39.0 Å². The number of pyridine rings is 1. The van der Waals surface area contributed by atoms with E-state index in [-0.39, 0.29) is 35.3 Å². The number of piperidine rings is 2. The predicted octanol–water partition coefficient (Wildman–Crippen LogP) is 6.90. The molecule has 2 aromatic carbocycles. The third-order valence-corrected chi connectivity index (χ3v) is 13.0. The predicted molar refractivity (Wildman–Crippen MR) is 230 cm³/mol. The molecule has 2 aromatic heterocycles. The summed E-state index contributed by atoms with van der Waals surface area (Å²) in [6, 6.07) is 9.14. The molecule has 4 aliphatic rings. The Morgan fingerprint density at radius 2 is 1.67 bits per heavy atom. The maximum absolute atomic E-state index is 14.2. The van der Waals surface area contributed by atoms with E-state index in [4.69, 9.17) is 38.8 Å². The number of nitrogens with one attached hydrogen (secondary N) is 2. The number of nitrogens with two attached hydrogens (primary N) is 1. The lowest BCUT2D eigenvalue weighted by Crippen LogP contribution is -2.55. The Labute approximate surface area is 363 Å². The largest absolute Gasteiger partial charge is 0.482 e. The van der Waals surface area contributed by atoms with E-state index in [0.29, 0.717) is 33.6 Å². The summed E-state index contributed by atoms with van der Waals surface area (Å²) in [5.41, 5.74) is 9.39. The third-order valence-electron chi connectivity index (χ3n) is 12.3. The van der Waals surface area contributed by atoms with Gasteiger partial charge in [-0.15, -0.1) is 0 Å². The number of fused-ring (bicyclic) bond motifs is 1. The highest BCUT2D eigenvalue weighted by atomic mass is 35.5. The molecule has 4 N–H and O–H groups in total. The van der Waals surface area contributed by atoms with Crippen LogP contribution >= 0.6 is 23.2 Å². The Hall–Kier alpha value is -5.09. The van der Waals surface area contributed by atoms with Gasteiger partial charge >= 0.3 is 0 Å². The number of nitrogen functional groups attached to an aromatic ring is 1. The van der Waals surface area contributed by atoms with Gasteiger partial charge in [-0.1, -0.05) is 48.5 Å². The first kappa shape index (κ1) is 42.6. The van der Waals surface area contributed by atoms with E-state index in [1.54, 1.807) is 31.3 Å². The van der Waals surface area contributed by atoms with Crippen LogP contribution in [0.15, 0.2) is 55.0 Å². The number of imide groups is 2. The van der Waals surface area contributed by atoms with Crippen LogP contribution in [0.1, 0.15) is 103 Å². The van der Waals surface area contributed by atoms with E-state index in [2.05, 4.69) is 25.4 Å². The summed E-state index contributed by atoms with van der Waals surface area (Å²) in [7, 11) is 0. The molecule has 3 saturated heterocycles. The molecule has 0 bridgehead atoms. The Kier molecular flexibility index (Phi) is 12.9. The smallest absolute Gasteiger partial charge is 0.264 e. The number of carbonyl (C=O) groups is 4. The Morgan fingerprint density at radius 3 is 2.43 bits per heavy atom. The number of anilines is 2. The van der Waals surface area contributed by atoms with Crippen molar-refractivity contribution in [2.75, 3.05) is 50.3 Å². The van der Waals surface area contributed by atoms with Crippen LogP contribution in [-0.2, 0) is 9.59 Å². The number of nitrogens with zero attached hydrogens (tertiary/aromatic N) is 6. The molecule has 3 fully saturated rings. The van der Waals surface area contributed by atoms with Gasteiger partial charge in [0.05, 0.1) is 34.4 Å². The maximum Gasteiger partial charge on any atom is 0.264 e. The van der Waals surface area contributed by atoms with Crippen LogP contribution in [0.4, 0.5) is 15.9 Å². The molecule has 4 aliphatic heterocycles. The summed E-state index contributed by atoms with van der Waals surface area (Å²) in [5.74, 6) is -2.02. The molecule has 6 heterocycles. The minimum absolute atomic E-state index is 0.0870. The first-order valence-electron chi connectivity index (χ1n) is 21.1. The fourth-order valence-corrected chi connectivity index (χ4v) is 9.54. The van der Waals surface area contributed by atoms with Crippen molar-refractivity contribution in [2.45, 2.75) is 88.9 Å². The number of carbonyl (C=O) groups excluding carboxylic acids is 4. The van der Waals surface area contributed by atoms with Gasteiger partial charge in [0.1, 0.15) is 18.0 Å². The van der Waals surface area contributed by atoms with Gasteiger partial charge in [0.15, 0.2) is 11.6 Å². The topological polar surface area (TPSA) is 168 Å². The Bertz CT molecular complexity index is 2310. The molecule has 17 heteroatoms. The lowest BCUT2D eigenvalue weighted by Gasteiger charge is -2.40. The molecule has 0 aliphatic carbocycles. The minimum atomic E-state index is -0.979. The van der Waals surface area contributed by atoms with Crippen LogP contribution in [0.3, 0.4) is 0 Å². The van der Waals surface area contributed by atoms with E-state index in [1.165, 1.54) is 37.8 Å². The lowest BCUT2D eigenvalue weighted by molar-refractivity contribution is -0.136. The molecule has 322 valence electrons. The number of hydrogen-bond acceptors (Lipinski definition) is 11. The molecular formula is C44H50Cl2FN9O5. The molecule has 4 amide bonds. The second kappa shape index (κ2) is 18.5. The number of ether oxygens (including phenoxy) is 1. The zero-order chi connectivity index (χ0) is 42.8. The summed E-state index contributed by atoms with van der Waals surface area (Å²) >= 11 is 12.5. The van der Waals surface area contributed by atoms with E-state index < -0.39 is 41.6 Å². The molecular weight excluding hydrogens is 824 g/mol. The minimum Gasteiger partial charge on any atom is -0.482 e. The third kappa shape index (κ3) is 9.25. The van der Waals surface area contributed by atoms with Gasteiger partial charge < -0.3 is 20.7 Å². The quantitative estimate of drug-likeness (QED) is 0.0609. The highest BCUT2D eigenvalue weighted by Crippen LogP contribution is 2.38. The fourth-order valence-electron chi connectivity index (χ4n) is 8.87. The molecule has 61 heavy (non-hydrogen) atoms. The van der Waals surface area contributed by atoms with Crippen molar-refractivity contribution < 1.29 is 28.3 Å². The van der Waals surface area contributed by atoms with E-state index in [1.807, 2.05) is 23.1 Å². The van der Waals surface area contributed by atoms with Crippen molar-refractivity contribution in [1.82, 2.24) is 34.8 Å². The van der Waals surface area contributed by atoms with Gasteiger partial charge in [-0.05, 0) is 82.4 Å². The van der Waals surface area contributed by atoms with E-state index >= 15 is 0 Å². The van der Waals surface area contributed by atoms with Crippen molar-refractivity contribution in [1.29, 1.82) is 0 Å². The first-order chi connectivity index (χ1) is 29.4. The summed E-state index contributed by atoms with van der Waals surface area (Å²) in [6.45, 7) is 7.64. The van der Waals surface area contributed by atoms with Crippen LogP contribution in [0, 0.1) is 5.82 Å². The average molecular weight is 875 g/mol. The lowest BCUT2D eigenvalue weighted by atomic mass is 10.0. The molecule has 2 unspecified atom stereocenters. The highest BCUT2D eigenvalue weighted by molar-refractivity contribution is 6.36. The fraction of sp³-hybridized carbons (Fsp3) is 0.455. The standard InChI is InChI=1S/C44H50Cl2FN9O5/c1-26(38-32(45)10-11-33(47)40(38)46)61-36-20-27(21-49-41(36)48)28-22-50-55(23-28)30-14-18-53(19-15-30)16-5-3-2-4-6-17-54-24-29(25-54)51-34-9-7-8-31-39(34)44(60)56(43(31)59)35-12-13-37(57)52-42(35)58/h7-11,20-23,26,29-30,35,51H,2-6,12-19,24-25H2,1H3,(H2,48,49)(H,52,57,58). The molecule has 14 nitrogen and oxygen atoms in total. The number of aromatic nitrogens is 3. The maximum atomic E-state index is 14.2. The first-order valence-corrected chi connectivity index (χ1v) is 21.9. The summed E-state index contributed by atoms with van der Waals surface area (Å²) in [6.07, 6.45) is 13.1. The summed E-state index contributed by atoms with van der Waals surface area (Å²) in [4.78, 5) is 60.9. The number of hydrogen-bond donors (Lipinski definition) is 3. The number of likely N-dealkylation sites (tertiary alicyclic amines) is 2. The van der Waals surface area contributed by atoms with Crippen LogP contribution in [0.2, 0.25) is 10.0 Å². The van der Waals surface area contributed by atoms with Crippen LogP contribution in [-0.4, -0.2) is 104 Å². The van der Waals surface area contributed by atoms with Gasteiger partial charge in [0.2, 0.25) is 11.8 Å². The number of rotatable bonds is 16. The molecule has 2 atom stereocenters. The summed E-state index contributed by atoms with van der Waals surface area (Å²) in [5, 5.41) is 10.6. The van der Waals surface area contributed by atoms with Gasteiger partial charge in [0, 0.05) is 72.4 Å². The van der Waals surface area contributed by atoms with Crippen molar-refractivity contribution in [2.24, 2.45) is 0 Å². The summed E-state index contributed by atoms with van der Waals surface area (Å²) < 4.78 is 22.3. The second-order valence-electron chi connectivity index (χ2n) is 16.5. The van der Waals surface area contributed by atoms with Gasteiger partial charge in [0.25, 0.3) is 11.8 Å². The van der Waals surface area contributed by atoms with Crippen LogP contribution in [0.5, 0.6) is 5.75 Å². The number of amides is 4. The normalized spacial score (nSPS) is 19.5. The Morgan fingerprint density at radius 1 is 0.934 bits per heavy atom. The van der Waals surface area contributed by atoms with Crippen molar-refractivity contribution in [3.8, 4) is 16.9 Å². The number of benzene rings is 2. The van der Waals surface area contributed by atoms with Crippen molar-refractivity contribution in [3.05, 3.63) is 87.5 Å². The van der Waals surface area contributed by atoms with Crippen molar-refractivity contribution >= 4 is 58.3 Å². The Balaban J connectivity index is 0.709.